The lowest BCUT2D eigenvalue weighted by Gasteiger charge is -2.38. The van der Waals surface area contributed by atoms with Crippen molar-refractivity contribution in [1.29, 1.82) is 0 Å². The van der Waals surface area contributed by atoms with Crippen LogP contribution in [-0.2, 0) is 4.74 Å². The molecule has 3 aliphatic rings. The van der Waals surface area contributed by atoms with E-state index >= 15 is 0 Å². The number of nitrogens with two attached hydrogens (primary N) is 1. The number of thioether (sulfide) groups is 1. The monoisotopic (exact) mass is 449 g/mol. The van der Waals surface area contributed by atoms with Crippen LogP contribution in [0.1, 0.15) is 87.1 Å². The highest BCUT2D eigenvalue weighted by molar-refractivity contribution is 7.98. The molecule has 32 heavy (non-hydrogen) atoms. The van der Waals surface area contributed by atoms with Gasteiger partial charge in [-0.15, -0.1) is 11.8 Å². The molecule has 0 amide bonds. The minimum absolute atomic E-state index is 0.0435. The van der Waals surface area contributed by atoms with Gasteiger partial charge in [-0.1, -0.05) is 49.9 Å². The molecule has 6 heteroatoms. The minimum Gasteiger partial charge on any atom is -0.459 e. The first kappa shape index (κ1) is 21.3. The molecular weight excluding hydrogens is 422 g/mol. The second kappa shape index (κ2) is 8.39. The maximum absolute atomic E-state index is 13.3. The van der Waals surface area contributed by atoms with Gasteiger partial charge in [-0.05, 0) is 43.4 Å². The molecule has 0 saturated heterocycles. The average Bonchev–Trinajstić information content (AvgIpc) is 2.82. The van der Waals surface area contributed by atoms with Crippen LogP contribution in [0, 0.1) is 11.8 Å². The predicted octanol–water partition coefficient (Wildman–Crippen LogP) is 5.28. The SMILES string of the molecule is CSc1cc(C(=O)OC2CCC3CCCCC3C2)c(N)c2c1C(=O)c1ccccc1C2=O. The standard InChI is InChI=1S/C26H27NO4S/c1-32-20-13-19(26(30)31-16-11-10-14-6-2-3-7-15(14)12-16)23(27)22-21(20)24(28)17-8-4-5-9-18(17)25(22)29/h4-5,8-9,13-16H,2-3,6-7,10-12,27H2,1H3. The summed E-state index contributed by atoms with van der Waals surface area (Å²) in [6.45, 7) is 0. The second-order valence-electron chi connectivity index (χ2n) is 9.14. The molecule has 3 unspecified atom stereocenters. The van der Waals surface area contributed by atoms with Crippen molar-refractivity contribution in [3.63, 3.8) is 0 Å². The molecule has 2 saturated carbocycles. The Hall–Kier alpha value is -2.60. The number of benzene rings is 2. The maximum Gasteiger partial charge on any atom is 0.340 e. The van der Waals surface area contributed by atoms with Gasteiger partial charge in [0.2, 0.25) is 0 Å². The molecule has 5 nitrogen and oxygen atoms in total. The zero-order valence-electron chi connectivity index (χ0n) is 18.2. The third kappa shape index (κ3) is 3.45. The smallest absolute Gasteiger partial charge is 0.340 e. The molecule has 3 atom stereocenters. The predicted molar refractivity (Wildman–Crippen MR) is 124 cm³/mol. The third-order valence-electron chi connectivity index (χ3n) is 7.41. The quantitative estimate of drug-likeness (QED) is 0.332. The highest BCUT2D eigenvalue weighted by Gasteiger charge is 2.37. The lowest BCUT2D eigenvalue weighted by atomic mass is 9.70. The van der Waals surface area contributed by atoms with Crippen molar-refractivity contribution in [2.24, 2.45) is 11.8 Å². The summed E-state index contributed by atoms with van der Waals surface area (Å²) >= 11 is 1.33. The molecule has 5 rings (SSSR count). The summed E-state index contributed by atoms with van der Waals surface area (Å²) in [6.07, 6.45) is 9.65. The summed E-state index contributed by atoms with van der Waals surface area (Å²) in [6, 6.07) is 8.36. The second-order valence-corrected chi connectivity index (χ2v) is 9.99. The van der Waals surface area contributed by atoms with Crippen LogP contribution in [0.4, 0.5) is 5.69 Å². The Kier molecular flexibility index (Phi) is 5.58. The lowest BCUT2D eigenvalue weighted by Crippen LogP contribution is -2.33. The summed E-state index contributed by atoms with van der Waals surface area (Å²) in [4.78, 5) is 40.2. The molecule has 0 heterocycles. The molecule has 0 bridgehead atoms. The minimum atomic E-state index is -0.501. The van der Waals surface area contributed by atoms with Gasteiger partial charge in [0, 0.05) is 21.6 Å². The molecule has 0 spiro atoms. The Labute approximate surface area is 192 Å². The molecule has 3 aliphatic carbocycles. The fourth-order valence-corrected chi connectivity index (χ4v) is 6.40. The topological polar surface area (TPSA) is 86.5 Å². The fourth-order valence-electron chi connectivity index (χ4n) is 5.77. The van der Waals surface area contributed by atoms with E-state index in [2.05, 4.69) is 0 Å². The average molecular weight is 450 g/mol. The number of ether oxygens (including phenoxy) is 1. The van der Waals surface area contributed by atoms with E-state index in [1.54, 1.807) is 30.3 Å². The first-order valence-electron chi connectivity index (χ1n) is 11.4. The highest BCUT2D eigenvalue weighted by Crippen LogP contribution is 2.42. The van der Waals surface area contributed by atoms with E-state index in [1.165, 1.54) is 37.4 Å². The Morgan fingerprint density at radius 3 is 2.31 bits per heavy atom. The van der Waals surface area contributed by atoms with Crippen molar-refractivity contribution in [3.8, 4) is 0 Å². The van der Waals surface area contributed by atoms with E-state index in [4.69, 9.17) is 10.5 Å². The zero-order chi connectivity index (χ0) is 22.4. The molecule has 0 radical (unpaired) electrons. The van der Waals surface area contributed by atoms with Crippen LogP contribution >= 0.6 is 11.8 Å². The molecular formula is C26H27NO4S. The number of esters is 1. The van der Waals surface area contributed by atoms with E-state index in [0.29, 0.717) is 21.9 Å². The number of nitrogen functional groups attached to an aromatic ring is 1. The number of anilines is 1. The van der Waals surface area contributed by atoms with E-state index in [-0.39, 0.29) is 40.0 Å². The van der Waals surface area contributed by atoms with Crippen LogP contribution in [0.2, 0.25) is 0 Å². The number of carbonyl (C=O) groups is 3. The van der Waals surface area contributed by atoms with Gasteiger partial charge in [0.05, 0.1) is 16.8 Å². The van der Waals surface area contributed by atoms with Crippen molar-refractivity contribution < 1.29 is 19.1 Å². The molecule has 2 aromatic carbocycles. The summed E-state index contributed by atoms with van der Waals surface area (Å²) in [5.41, 5.74) is 7.71. The zero-order valence-corrected chi connectivity index (χ0v) is 19.0. The van der Waals surface area contributed by atoms with Gasteiger partial charge in [0.1, 0.15) is 6.10 Å². The molecule has 2 fully saturated rings. The van der Waals surface area contributed by atoms with Gasteiger partial charge in [-0.25, -0.2) is 4.79 Å². The van der Waals surface area contributed by atoms with Gasteiger partial charge in [0.15, 0.2) is 11.6 Å². The van der Waals surface area contributed by atoms with Gasteiger partial charge in [-0.2, -0.15) is 0 Å². The maximum atomic E-state index is 13.3. The normalized spacial score (nSPS) is 24.3. The van der Waals surface area contributed by atoms with Crippen LogP contribution in [0.5, 0.6) is 0 Å². The third-order valence-corrected chi connectivity index (χ3v) is 8.17. The van der Waals surface area contributed by atoms with Crippen LogP contribution in [-0.4, -0.2) is 29.9 Å². The number of hydrogen-bond donors (Lipinski definition) is 1. The largest absolute Gasteiger partial charge is 0.459 e. The fraction of sp³-hybridized carbons (Fsp3) is 0.423. The molecule has 2 aromatic rings. The Morgan fingerprint density at radius 1 is 0.969 bits per heavy atom. The van der Waals surface area contributed by atoms with Gasteiger partial charge < -0.3 is 10.5 Å². The number of rotatable bonds is 3. The Balaban J connectivity index is 1.47. The molecule has 0 aliphatic heterocycles. The van der Waals surface area contributed by atoms with Crippen molar-refractivity contribution in [2.75, 3.05) is 12.0 Å². The molecule has 166 valence electrons. The Bertz CT molecular complexity index is 1130. The molecule has 2 N–H and O–H groups in total. The van der Waals surface area contributed by atoms with Crippen LogP contribution < -0.4 is 5.73 Å². The van der Waals surface area contributed by atoms with Crippen LogP contribution in [0.25, 0.3) is 0 Å². The van der Waals surface area contributed by atoms with Crippen molar-refractivity contribution in [3.05, 3.63) is 58.1 Å². The van der Waals surface area contributed by atoms with Gasteiger partial charge >= 0.3 is 5.97 Å². The summed E-state index contributed by atoms with van der Waals surface area (Å²) in [7, 11) is 0. The summed E-state index contributed by atoms with van der Waals surface area (Å²) in [5, 5.41) is 0. The van der Waals surface area contributed by atoms with Gasteiger partial charge in [0.25, 0.3) is 0 Å². The van der Waals surface area contributed by atoms with E-state index in [9.17, 15) is 14.4 Å². The van der Waals surface area contributed by atoms with Crippen LogP contribution in [0.15, 0.2) is 35.2 Å². The highest BCUT2D eigenvalue weighted by atomic mass is 32.2. The first-order valence-corrected chi connectivity index (χ1v) is 12.6. The first-order chi connectivity index (χ1) is 15.5. The number of hydrogen-bond acceptors (Lipinski definition) is 6. The number of carbonyl (C=O) groups excluding carboxylic acids is 3. The van der Waals surface area contributed by atoms with Crippen molar-refractivity contribution in [2.45, 2.75) is 55.9 Å². The molecule has 0 aromatic heterocycles. The van der Waals surface area contributed by atoms with E-state index < -0.39 is 5.97 Å². The summed E-state index contributed by atoms with van der Waals surface area (Å²) < 4.78 is 5.90. The summed E-state index contributed by atoms with van der Waals surface area (Å²) in [5.74, 6) is 0.342. The number of ketones is 2. The van der Waals surface area contributed by atoms with Crippen molar-refractivity contribution >= 4 is 35.0 Å². The van der Waals surface area contributed by atoms with E-state index in [0.717, 1.165) is 25.2 Å². The van der Waals surface area contributed by atoms with E-state index in [1.807, 2.05) is 6.26 Å². The Morgan fingerprint density at radius 2 is 1.62 bits per heavy atom. The number of fused-ring (bicyclic) bond motifs is 3. The van der Waals surface area contributed by atoms with Crippen molar-refractivity contribution in [1.82, 2.24) is 0 Å². The van der Waals surface area contributed by atoms with Gasteiger partial charge in [-0.3, -0.25) is 9.59 Å². The lowest BCUT2D eigenvalue weighted by molar-refractivity contribution is -0.000861. The van der Waals surface area contributed by atoms with Crippen LogP contribution in [0.3, 0.4) is 0 Å².